The molecule has 0 N–H and O–H groups in total. The second-order valence-electron chi connectivity index (χ2n) is 23.4. The first kappa shape index (κ1) is 51.0. The lowest BCUT2D eigenvalue weighted by molar-refractivity contribution is 0.590. The van der Waals surface area contributed by atoms with Crippen molar-refractivity contribution in [3.63, 3.8) is 0 Å². The average molecular weight is 1030 g/mol. The maximum Gasteiger partial charge on any atom is 0.187 e. The zero-order valence-electron chi connectivity index (χ0n) is 46.7. The third-order valence-corrected chi connectivity index (χ3v) is 16.0. The summed E-state index contributed by atoms with van der Waals surface area (Å²) in [7, 11) is 0. The highest BCUT2D eigenvalue weighted by molar-refractivity contribution is 6.32. The fourth-order valence-corrected chi connectivity index (χ4v) is 11.4. The summed E-state index contributed by atoms with van der Waals surface area (Å²) in [5.41, 5.74) is 21.4. The Morgan fingerprint density at radius 3 is 0.988 bits per heavy atom. The molecule has 0 saturated carbocycles. The summed E-state index contributed by atoms with van der Waals surface area (Å²) >= 11 is 0. The number of hydrogen-bond acceptors (Lipinski definition) is 3. The predicted molar refractivity (Wildman–Crippen MR) is 339 cm³/mol. The third kappa shape index (κ3) is 9.50. The van der Waals surface area contributed by atoms with Crippen molar-refractivity contribution in [1.82, 2.24) is 0 Å². The molecule has 0 heterocycles. The van der Waals surface area contributed by atoms with Crippen LogP contribution in [-0.2, 0) is 10.8 Å². The number of benzene rings is 12. The molecule has 80 heavy (non-hydrogen) atoms. The Bertz CT molecular complexity index is 4030. The van der Waals surface area contributed by atoms with E-state index in [1.165, 1.54) is 33.4 Å². The third-order valence-electron chi connectivity index (χ3n) is 16.0. The largest absolute Gasteiger partial charge is 0.310 e. The van der Waals surface area contributed by atoms with Gasteiger partial charge in [0.1, 0.15) is 0 Å². The van der Waals surface area contributed by atoms with Crippen molar-refractivity contribution >= 4 is 72.1 Å². The predicted octanol–water partition coefficient (Wildman–Crippen LogP) is 21.8. The number of nitriles is 1. The van der Waals surface area contributed by atoms with Crippen molar-refractivity contribution in [2.45, 2.75) is 66.2 Å². The molecule has 386 valence electrons. The Morgan fingerprint density at radius 1 is 0.362 bits per heavy atom. The Kier molecular flexibility index (Phi) is 12.9. The van der Waals surface area contributed by atoms with Gasteiger partial charge in [-0.1, -0.05) is 210 Å². The second-order valence-corrected chi connectivity index (χ2v) is 23.4. The normalized spacial score (nSPS) is 11.7. The van der Waals surface area contributed by atoms with Gasteiger partial charge in [-0.15, -0.1) is 0 Å². The van der Waals surface area contributed by atoms with Crippen LogP contribution >= 0.6 is 0 Å². The molecule has 0 aliphatic carbocycles. The van der Waals surface area contributed by atoms with Crippen molar-refractivity contribution in [2.75, 3.05) is 9.80 Å². The smallest absolute Gasteiger partial charge is 0.187 e. The highest BCUT2D eigenvalue weighted by Gasteiger charge is 2.26. The van der Waals surface area contributed by atoms with Crippen molar-refractivity contribution in [3.8, 4) is 50.6 Å². The fourth-order valence-electron chi connectivity index (χ4n) is 11.4. The van der Waals surface area contributed by atoms with Crippen LogP contribution in [0.5, 0.6) is 0 Å². The zero-order valence-corrected chi connectivity index (χ0v) is 46.7. The summed E-state index contributed by atoms with van der Waals surface area (Å²) in [6, 6.07) is 86.0. The minimum absolute atomic E-state index is 0.0644. The van der Waals surface area contributed by atoms with Crippen molar-refractivity contribution in [2.24, 2.45) is 0 Å². The number of nitrogens with zero attached hydrogens (tertiary/aromatic N) is 4. The summed E-state index contributed by atoms with van der Waals surface area (Å²) in [4.78, 5) is 8.61. The molecule has 4 nitrogen and oxygen atoms in total. The first-order valence-electron chi connectivity index (χ1n) is 27.6. The van der Waals surface area contributed by atoms with Gasteiger partial charge in [-0.3, -0.25) is 0 Å². The highest BCUT2D eigenvalue weighted by Crippen LogP contribution is 2.52. The van der Waals surface area contributed by atoms with E-state index in [4.69, 9.17) is 6.57 Å². The van der Waals surface area contributed by atoms with Gasteiger partial charge in [0, 0.05) is 44.3 Å². The SMILES string of the molecule is [C-]#[N+]c1ccc(-c2cc(N(c3ccc(C)cc3)c3ccc(-c4ccc(C(C)(C)C)cc4)cc3)c3ccc4c(-c5ccc(C#N)cc5)cc(N(c5ccc(C)cc5)c5ccc(-c6ccc(C(C)(C)C)cc6)cc5)c5ccc2c3c45)cc1. The summed E-state index contributed by atoms with van der Waals surface area (Å²) in [6.45, 7) is 25.7. The van der Waals surface area contributed by atoms with Gasteiger partial charge in [-0.05, 0) is 164 Å². The van der Waals surface area contributed by atoms with Gasteiger partial charge in [0.05, 0.1) is 29.6 Å². The molecule has 0 fully saturated rings. The molecule has 12 aromatic rings. The molecular weight excluding hydrogens is 969 g/mol. The molecule has 0 saturated heterocycles. The Labute approximate surface area is 471 Å². The maximum absolute atomic E-state index is 10.0. The van der Waals surface area contributed by atoms with Crippen LogP contribution in [0.1, 0.15) is 69.4 Å². The van der Waals surface area contributed by atoms with Crippen LogP contribution in [-0.4, -0.2) is 0 Å². The molecule has 0 unspecified atom stereocenters. The maximum atomic E-state index is 10.0. The lowest BCUT2D eigenvalue weighted by atomic mass is 9.85. The van der Waals surface area contributed by atoms with Gasteiger partial charge in [0.25, 0.3) is 0 Å². The van der Waals surface area contributed by atoms with E-state index in [0.29, 0.717) is 11.3 Å². The van der Waals surface area contributed by atoms with Crippen molar-refractivity contribution < 1.29 is 0 Å². The van der Waals surface area contributed by atoms with Gasteiger partial charge in [-0.2, -0.15) is 5.26 Å². The molecular formula is C76H62N4. The molecule has 0 aliphatic rings. The van der Waals surface area contributed by atoms with E-state index < -0.39 is 0 Å². The lowest BCUT2D eigenvalue weighted by Crippen LogP contribution is -2.12. The number of aryl methyl sites for hydroxylation is 2. The van der Waals surface area contributed by atoms with Crippen LogP contribution < -0.4 is 9.80 Å². The van der Waals surface area contributed by atoms with Crippen LogP contribution in [0.15, 0.2) is 231 Å². The summed E-state index contributed by atoms with van der Waals surface area (Å²) in [6.07, 6.45) is 0. The van der Waals surface area contributed by atoms with E-state index in [0.717, 1.165) is 99.8 Å². The van der Waals surface area contributed by atoms with Gasteiger partial charge >= 0.3 is 0 Å². The molecule has 4 heteroatoms. The number of hydrogen-bond donors (Lipinski definition) is 0. The molecule has 0 bridgehead atoms. The van der Waals surface area contributed by atoms with E-state index >= 15 is 0 Å². The minimum atomic E-state index is 0.0644. The van der Waals surface area contributed by atoms with Gasteiger partial charge in [0.15, 0.2) is 5.69 Å². The van der Waals surface area contributed by atoms with E-state index in [-0.39, 0.29) is 10.8 Å². The Morgan fingerprint density at radius 2 is 0.662 bits per heavy atom. The molecule has 12 aromatic carbocycles. The van der Waals surface area contributed by atoms with Crippen LogP contribution in [0.3, 0.4) is 0 Å². The molecule has 0 spiro atoms. The quantitative estimate of drug-likeness (QED) is 0.101. The number of rotatable bonds is 10. The van der Waals surface area contributed by atoms with E-state index in [2.05, 4.69) is 282 Å². The number of anilines is 6. The first-order valence-corrected chi connectivity index (χ1v) is 27.6. The molecule has 0 aromatic heterocycles. The Hall–Kier alpha value is -9.74. The van der Waals surface area contributed by atoms with E-state index in [1.807, 2.05) is 24.3 Å². The Balaban J connectivity index is 1.14. The van der Waals surface area contributed by atoms with Crippen LogP contribution in [0.25, 0.3) is 81.7 Å². The minimum Gasteiger partial charge on any atom is -0.310 e. The van der Waals surface area contributed by atoms with Gasteiger partial charge < -0.3 is 9.80 Å². The van der Waals surface area contributed by atoms with Crippen LogP contribution in [0, 0.1) is 31.8 Å². The van der Waals surface area contributed by atoms with Crippen molar-refractivity contribution in [3.05, 3.63) is 270 Å². The molecule has 0 atom stereocenters. The van der Waals surface area contributed by atoms with E-state index in [9.17, 15) is 5.26 Å². The molecule has 0 amide bonds. The van der Waals surface area contributed by atoms with Gasteiger partial charge in [0.2, 0.25) is 0 Å². The molecule has 0 aliphatic heterocycles. The standard InChI is InChI=1S/C76H62N4/c1-49-10-34-61(35-11-49)79(63-38-24-54(25-39-63)52-18-28-58(29-19-52)75(3,4)5)71-46-69(56-16-14-51(48-77)15-17-56)65-42-44-68-72(47-70(57-22-32-60(78-9)33-23-57)66-43-45-67(71)73(65)74(66)68)80(62-36-12-50(2)13-37-62)64-40-26-55(27-41-64)53-20-30-59(31-21-53)76(6,7)8/h10-47H,1-8H3. The molecule has 0 radical (unpaired) electrons. The van der Waals surface area contributed by atoms with Crippen LogP contribution in [0.4, 0.5) is 39.8 Å². The first-order chi connectivity index (χ1) is 38.6. The van der Waals surface area contributed by atoms with E-state index in [1.54, 1.807) is 0 Å². The fraction of sp³-hybridized carbons (Fsp3) is 0.132. The van der Waals surface area contributed by atoms with Crippen molar-refractivity contribution in [1.29, 1.82) is 5.26 Å². The summed E-state index contributed by atoms with van der Waals surface area (Å²) in [5.74, 6) is 0. The molecule has 12 rings (SSSR count). The topological polar surface area (TPSA) is 34.6 Å². The monoisotopic (exact) mass is 1030 g/mol. The highest BCUT2D eigenvalue weighted by atomic mass is 15.1. The average Bonchev–Trinajstić information content (AvgIpc) is 3.60. The summed E-state index contributed by atoms with van der Waals surface area (Å²) < 4.78 is 0. The summed E-state index contributed by atoms with van der Waals surface area (Å²) in [5, 5.41) is 16.7. The van der Waals surface area contributed by atoms with Gasteiger partial charge in [-0.25, -0.2) is 4.85 Å². The van der Waals surface area contributed by atoms with Crippen LogP contribution in [0.2, 0.25) is 0 Å². The second kappa shape index (κ2) is 20.2. The lowest BCUT2D eigenvalue weighted by Gasteiger charge is -2.31. The zero-order chi connectivity index (χ0) is 55.5.